The Morgan fingerprint density at radius 3 is 2.40 bits per heavy atom. The van der Waals surface area contributed by atoms with Gasteiger partial charge in [0.25, 0.3) is 11.8 Å². The van der Waals surface area contributed by atoms with Gasteiger partial charge in [0.2, 0.25) is 10.0 Å². The highest BCUT2D eigenvalue weighted by molar-refractivity contribution is 7.89. The first kappa shape index (κ1) is 21.5. The highest BCUT2D eigenvalue weighted by Gasteiger charge is 2.19. The van der Waals surface area contributed by atoms with Crippen LogP contribution < -0.4 is 10.9 Å². The molecule has 9 nitrogen and oxygen atoms in total. The van der Waals surface area contributed by atoms with E-state index in [2.05, 4.69) is 21.0 Å². The SMILES string of the molecule is CN(C)S(=O)(=O)c1cccc(C(=O)NNC(=O)c2cc(-c3cccc(Cl)c3)n[nH]2)c1. The lowest BCUT2D eigenvalue weighted by Gasteiger charge is -2.12. The van der Waals surface area contributed by atoms with Gasteiger partial charge in [0.05, 0.1) is 10.6 Å². The molecule has 1 aromatic heterocycles. The molecule has 0 bridgehead atoms. The third-order valence-electron chi connectivity index (χ3n) is 4.11. The number of hydrogen-bond acceptors (Lipinski definition) is 5. The summed E-state index contributed by atoms with van der Waals surface area (Å²) in [4.78, 5) is 24.6. The lowest BCUT2D eigenvalue weighted by Crippen LogP contribution is -2.41. The van der Waals surface area contributed by atoms with Crippen LogP contribution in [0.15, 0.2) is 59.5 Å². The summed E-state index contributed by atoms with van der Waals surface area (Å²) in [5, 5.41) is 7.18. The third-order valence-corrected chi connectivity index (χ3v) is 6.15. The topological polar surface area (TPSA) is 124 Å². The lowest BCUT2D eigenvalue weighted by atomic mass is 10.1. The molecule has 0 saturated heterocycles. The summed E-state index contributed by atoms with van der Waals surface area (Å²) in [5.41, 5.74) is 5.93. The zero-order chi connectivity index (χ0) is 21.9. The third kappa shape index (κ3) is 4.67. The second kappa shape index (κ2) is 8.66. The largest absolute Gasteiger partial charge is 0.287 e. The quantitative estimate of drug-likeness (QED) is 0.516. The molecular weight excluding hydrogens is 430 g/mol. The van der Waals surface area contributed by atoms with Crippen molar-refractivity contribution in [2.24, 2.45) is 0 Å². The van der Waals surface area contributed by atoms with E-state index in [9.17, 15) is 18.0 Å². The van der Waals surface area contributed by atoms with E-state index in [0.717, 1.165) is 9.87 Å². The molecule has 0 fully saturated rings. The van der Waals surface area contributed by atoms with Gasteiger partial charge >= 0.3 is 0 Å². The lowest BCUT2D eigenvalue weighted by molar-refractivity contribution is 0.0844. The number of nitrogens with zero attached hydrogens (tertiary/aromatic N) is 2. The molecule has 0 atom stereocenters. The van der Waals surface area contributed by atoms with Gasteiger partial charge in [-0.3, -0.25) is 25.5 Å². The molecule has 3 rings (SSSR count). The fourth-order valence-electron chi connectivity index (χ4n) is 2.50. The maximum Gasteiger partial charge on any atom is 0.287 e. The molecule has 11 heteroatoms. The molecule has 0 unspecified atom stereocenters. The van der Waals surface area contributed by atoms with E-state index in [0.29, 0.717) is 10.7 Å². The Labute approximate surface area is 178 Å². The van der Waals surface area contributed by atoms with Crippen molar-refractivity contribution in [1.82, 2.24) is 25.4 Å². The normalized spacial score (nSPS) is 11.3. The van der Waals surface area contributed by atoms with Crippen molar-refractivity contribution in [3.63, 3.8) is 0 Å². The van der Waals surface area contributed by atoms with Crippen LogP contribution >= 0.6 is 11.6 Å². The monoisotopic (exact) mass is 447 g/mol. The van der Waals surface area contributed by atoms with E-state index in [-0.39, 0.29) is 16.2 Å². The number of halogens is 1. The molecule has 0 spiro atoms. The predicted molar refractivity (Wildman–Crippen MR) is 111 cm³/mol. The molecule has 0 radical (unpaired) electrons. The molecule has 30 heavy (non-hydrogen) atoms. The first-order valence-corrected chi connectivity index (χ1v) is 10.4. The minimum atomic E-state index is -3.69. The maximum atomic E-state index is 12.3. The number of amides is 2. The van der Waals surface area contributed by atoms with Gasteiger partial charge in [-0.1, -0.05) is 29.8 Å². The van der Waals surface area contributed by atoms with Crippen molar-refractivity contribution in [3.05, 3.63) is 70.9 Å². The van der Waals surface area contributed by atoms with Crippen LogP contribution in [0.25, 0.3) is 11.3 Å². The molecule has 3 N–H and O–H groups in total. The van der Waals surface area contributed by atoms with Gasteiger partial charge in [-0.2, -0.15) is 5.10 Å². The minimum Gasteiger partial charge on any atom is -0.272 e. The van der Waals surface area contributed by atoms with Gasteiger partial charge in [-0.25, -0.2) is 12.7 Å². The molecule has 1 heterocycles. The number of sulfonamides is 1. The average molecular weight is 448 g/mol. The van der Waals surface area contributed by atoms with Crippen LogP contribution in [-0.4, -0.2) is 48.8 Å². The summed E-state index contributed by atoms with van der Waals surface area (Å²) in [6.07, 6.45) is 0. The zero-order valence-corrected chi connectivity index (χ0v) is 17.6. The van der Waals surface area contributed by atoms with Crippen molar-refractivity contribution in [1.29, 1.82) is 0 Å². The van der Waals surface area contributed by atoms with Crippen LogP contribution in [0.1, 0.15) is 20.8 Å². The molecule has 0 saturated carbocycles. The van der Waals surface area contributed by atoms with E-state index in [4.69, 9.17) is 11.6 Å². The second-order valence-electron chi connectivity index (χ2n) is 6.40. The average Bonchev–Trinajstić information content (AvgIpc) is 3.22. The fraction of sp³-hybridized carbons (Fsp3) is 0.105. The highest BCUT2D eigenvalue weighted by Crippen LogP contribution is 2.21. The number of hydrazine groups is 1. The number of hydrogen-bond donors (Lipinski definition) is 3. The van der Waals surface area contributed by atoms with Gasteiger partial charge < -0.3 is 0 Å². The number of nitrogens with one attached hydrogen (secondary N) is 3. The zero-order valence-electron chi connectivity index (χ0n) is 16.0. The Morgan fingerprint density at radius 1 is 1.00 bits per heavy atom. The van der Waals surface area contributed by atoms with Gasteiger partial charge in [0.1, 0.15) is 5.69 Å². The number of carbonyl (C=O) groups is 2. The van der Waals surface area contributed by atoms with Crippen LogP contribution in [0.5, 0.6) is 0 Å². The molecule has 2 aromatic carbocycles. The Balaban J connectivity index is 1.68. The molecular formula is C19H18ClN5O4S. The molecule has 2 amide bonds. The van der Waals surface area contributed by atoms with E-state index in [1.54, 1.807) is 24.3 Å². The Hall–Kier alpha value is -3.21. The van der Waals surface area contributed by atoms with Crippen LogP contribution in [-0.2, 0) is 10.0 Å². The Morgan fingerprint density at radius 2 is 1.70 bits per heavy atom. The molecule has 0 aliphatic heterocycles. The number of H-pyrrole nitrogens is 1. The summed E-state index contributed by atoms with van der Waals surface area (Å²) in [7, 11) is -0.904. The minimum absolute atomic E-state index is 0.0359. The number of aromatic nitrogens is 2. The number of rotatable bonds is 5. The molecule has 156 valence electrons. The van der Waals surface area contributed by atoms with Crippen molar-refractivity contribution < 1.29 is 18.0 Å². The number of benzene rings is 2. The molecule has 0 aliphatic carbocycles. The first-order valence-electron chi connectivity index (χ1n) is 8.63. The van der Waals surface area contributed by atoms with Crippen molar-refractivity contribution in [2.75, 3.05) is 14.1 Å². The summed E-state index contributed by atoms with van der Waals surface area (Å²) in [6, 6.07) is 14.0. The molecule has 3 aromatic rings. The maximum absolute atomic E-state index is 12.3. The van der Waals surface area contributed by atoms with Crippen molar-refractivity contribution in [2.45, 2.75) is 4.90 Å². The Kier molecular flexibility index (Phi) is 6.20. The smallest absolute Gasteiger partial charge is 0.272 e. The van der Waals surface area contributed by atoms with Crippen LogP contribution in [0.3, 0.4) is 0 Å². The van der Waals surface area contributed by atoms with Crippen LogP contribution in [0.2, 0.25) is 5.02 Å². The second-order valence-corrected chi connectivity index (χ2v) is 8.99. The predicted octanol–water partition coefficient (Wildman–Crippen LogP) is 2.06. The summed E-state index contributed by atoms with van der Waals surface area (Å²) >= 11 is 5.96. The van der Waals surface area contributed by atoms with Gasteiger partial charge in [-0.15, -0.1) is 0 Å². The van der Waals surface area contributed by atoms with Crippen molar-refractivity contribution >= 4 is 33.4 Å². The Bertz CT molecular complexity index is 1210. The summed E-state index contributed by atoms with van der Waals surface area (Å²) in [6.45, 7) is 0. The van der Waals surface area contributed by atoms with E-state index < -0.39 is 21.8 Å². The summed E-state index contributed by atoms with van der Waals surface area (Å²) in [5.74, 6) is -1.30. The van der Waals surface area contributed by atoms with Gasteiger partial charge in [0.15, 0.2) is 0 Å². The van der Waals surface area contributed by atoms with Crippen LogP contribution in [0, 0.1) is 0 Å². The van der Waals surface area contributed by atoms with E-state index >= 15 is 0 Å². The standard InChI is InChI=1S/C19H18ClN5O4S/c1-25(2)30(28,29)15-8-4-6-13(10-15)18(26)23-24-19(27)17-11-16(21-22-17)12-5-3-7-14(20)9-12/h3-11H,1-2H3,(H,21,22)(H,23,26)(H,24,27). The van der Waals surface area contributed by atoms with E-state index in [1.165, 1.54) is 44.4 Å². The van der Waals surface area contributed by atoms with Crippen LogP contribution in [0.4, 0.5) is 0 Å². The molecule has 0 aliphatic rings. The van der Waals surface area contributed by atoms with Crippen molar-refractivity contribution in [3.8, 4) is 11.3 Å². The first-order chi connectivity index (χ1) is 14.2. The van der Waals surface area contributed by atoms with E-state index in [1.807, 2.05) is 0 Å². The highest BCUT2D eigenvalue weighted by atomic mass is 35.5. The fourth-order valence-corrected chi connectivity index (χ4v) is 3.63. The number of carbonyl (C=O) groups excluding carboxylic acids is 2. The van der Waals surface area contributed by atoms with Gasteiger partial charge in [0, 0.05) is 30.2 Å². The summed E-state index contributed by atoms with van der Waals surface area (Å²) < 4.78 is 25.4. The number of aromatic amines is 1. The van der Waals surface area contributed by atoms with Gasteiger partial charge in [-0.05, 0) is 36.4 Å².